The van der Waals surface area contributed by atoms with Crippen LogP contribution in [0, 0.1) is 0 Å². The van der Waals surface area contributed by atoms with Crippen molar-refractivity contribution in [1.29, 1.82) is 0 Å². The Kier molecular flexibility index (Phi) is 64.0. The number of unbranched alkanes of at least 4 members (excludes halogenated alkanes) is 14. The zero-order valence-electron chi connectivity index (χ0n) is 52.9. The molecule has 6 nitrogen and oxygen atoms in total. The third-order valence-corrected chi connectivity index (χ3v) is 13.1. The molecule has 1 atom stereocenters. The van der Waals surface area contributed by atoms with Crippen molar-refractivity contribution in [2.75, 3.05) is 13.2 Å². The molecule has 0 bridgehead atoms. The Bertz CT molecular complexity index is 1990. The molecular weight excluding hydrogens is 1020 g/mol. The molecule has 0 aliphatic heterocycles. The van der Waals surface area contributed by atoms with Gasteiger partial charge in [-0.2, -0.15) is 0 Å². The summed E-state index contributed by atoms with van der Waals surface area (Å²) in [6.45, 7) is 6.20. The molecule has 0 rings (SSSR count). The SMILES string of the molecule is CC/C=C\C/C=C\C/C=C\C/C=C\C/C=C\C/C=C\C/C=C\C/C=C\C/C=C\CCCCCCCCCC(=O)OCC(COC(=O)CC/C=C\C/C=C\C/C=C\C/C=C\CC)OC(=O)CCCCCCCCC/C=C\C/C=C\C/C=C\CC. The predicted molar refractivity (Wildman–Crippen MR) is 361 cm³/mol. The van der Waals surface area contributed by atoms with Gasteiger partial charge in [0.25, 0.3) is 0 Å². The van der Waals surface area contributed by atoms with Crippen molar-refractivity contribution in [2.45, 2.75) is 258 Å². The van der Waals surface area contributed by atoms with Crippen LogP contribution in [0.2, 0.25) is 0 Å². The van der Waals surface area contributed by atoms with Crippen molar-refractivity contribution >= 4 is 17.9 Å². The van der Waals surface area contributed by atoms with Crippen LogP contribution in [-0.2, 0) is 28.6 Å². The van der Waals surface area contributed by atoms with Crippen LogP contribution in [0.3, 0.4) is 0 Å². The summed E-state index contributed by atoms with van der Waals surface area (Å²) in [5.74, 6) is -1.03. The van der Waals surface area contributed by atoms with Crippen molar-refractivity contribution in [3.05, 3.63) is 194 Å². The highest BCUT2D eigenvalue weighted by atomic mass is 16.6. The van der Waals surface area contributed by atoms with Gasteiger partial charge < -0.3 is 14.2 Å². The second-order valence-corrected chi connectivity index (χ2v) is 20.9. The number of allylic oxidation sites excluding steroid dienone is 32. The van der Waals surface area contributed by atoms with Crippen LogP contribution in [0.15, 0.2) is 194 Å². The van der Waals surface area contributed by atoms with Crippen LogP contribution < -0.4 is 0 Å². The first-order chi connectivity index (χ1) is 41.0. The van der Waals surface area contributed by atoms with E-state index in [0.29, 0.717) is 19.3 Å². The smallest absolute Gasteiger partial charge is 0.306 e. The maximum Gasteiger partial charge on any atom is 0.306 e. The molecule has 0 aliphatic rings. The van der Waals surface area contributed by atoms with Crippen LogP contribution in [0.1, 0.15) is 252 Å². The second-order valence-electron chi connectivity index (χ2n) is 20.9. The lowest BCUT2D eigenvalue weighted by molar-refractivity contribution is -0.166. The fourth-order valence-electron chi connectivity index (χ4n) is 8.29. The van der Waals surface area contributed by atoms with E-state index in [4.69, 9.17) is 14.2 Å². The van der Waals surface area contributed by atoms with Crippen LogP contribution in [0.25, 0.3) is 0 Å². The van der Waals surface area contributed by atoms with Crippen molar-refractivity contribution in [3.63, 3.8) is 0 Å². The number of esters is 3. The van der Waals surface area contributed by atoms with Gasteiger partial charge in [-0.15, -0.1) is 0 Å². The topological polar surface area (TPSA) is 78.9 Å². The fourth-order valence-corrected chi connectivity index (χ4v) is 8.29. The Labute approximate surface area is 509 Å². The Morgan fingerprint density at radius 3 is 0.747 bits per heavy atom. The van der Waals surface area contributed by atoms with E-state index in [1.54, 1.807) is 0 Å². The second kappa shape index (κ2) is 68.7. The first-order valence-corrected chi connectivity index (χ1v) is 32.9. The third kappa shape index (κ3) is 66.9. The average Bonchev–Trinajstić information content (AvgIpc) is 3.49. The molecule has 1 unspecified atom stereocenters. The molecule has 0 spiro atoms. The maximum atomic E-state index is 12.9. The highest BCUT2D eigenvalue weighted by Crippen LogP contribution is 2.14. The number of rotatable bonds is 57. The summed E-state index contributed by atoms with van der Waals surface area (Å²) in [5.41, 5.74) is 0. The number of hydrogen-bond acceptors (Lipinski definition) is 6. The molecule has 0 saturated carbocycles. The largest absolute Gasteiger partial charge is 0.462 e. The van der Waals surface area contributed by atoms with E-state index in [2.05, 4.69) is 203 Å². The molecular formula is C77H118O6. The number of carbonyl (C=O) groups is 3. The van der Waals surface area contributed by atoms with Crippen molar-refractivity contribution < 1.29 is 28.6 Å². The van der Waals surface area contributed by atoms with Gasteiger partial charge in [0, 0.05) is 19.3 Å². The van der Waals surface area contributed by atoms with Gasteiger partial charge in [-0.1, -0.05) is 279 Å². The van der Waals surface area contributed by atoms with Crippen LogP contribution in [0.5, 0.6) is 0 Å². The molecule has 0 aromatic carbocycles. The minimum atomic E-state index is -0.829. The highest BCUT2D eigenvalue weighted by Gasteiger charge is 2.19. The lowest BCUT2D eigenvalue weighted by Gasteiger charge is -2.18. The molecule has 0 aromatic rings. The third-order valence-electron chi connectivity index (χ3n) is 13.1. The summed E-state index contributed by atoms with van der Waals surface area (Å²) >= 11 is 0. The molecule has 0 radical (unpaired) electrons. The molecule has 0 aromatic heterocycles. The highest BCUT2D eigenvalue weighted by molar-refractivity contribution is 5.71. The van der Waals surface area contributed by atoms with E-state index in [9.17, 15) is 14.4 Å². The summed E-state index contributed by atoms with van der Waals surface area (Å²) < 4.78 is 16.8. The molecule has 0 fully saturated rings. The zero-order valence-corrected chi connectivity index (χ0v) is 52.9. The minimum absolute atomic E-state index is 0.119. The Morgan fingerprint density at radius 1 is 0.241 bits per heavy atom. The van der Waals surface area contributed by atoms with E-state index < -0.39 is 6.10 Å². The molecule has 462 valence electrons. The Balaban J connectivity index is 4.35. The van der Waals surface area contributed by atoms with E-state index in [1.165, 1.54) is 38.5 Å². The summed E-state index contributed by atoms with van der Waals surface area (Å²) in [4.78, 5) is 38.3. The van der Waals surface area contributed by atoms with Crippen molar-refractivity contribution in [2.24, 2.45) is 0 Å². The summed E-state index contributed by atoms with van der Waals surface area (Å²) in [7, 11) is 0. The number of carbonyl (C=O) groups excluding carboxylic acids is 3. The first kappa shape index (κ1) is 77.2. The first-order valence-electron chi connectivity index (χ1n) is 32.9. The lowest BCUT2D eigenvalue weighted by Crippen LogP contribution is -2.30. The summed E-state index contributed by atoms with van der Waals surface area (Å²) in [6, 6.07) is 0. The van der Waals surface area contributed by atoms with Crippen LogP contribution in [-0.4, -0.2) is 37.2 Å². The molecule has 0 aliphatic carbocycles. The maximum absolute atomic E-state index is 12.9. The normalized spacial score (nSPS) is 13.4. The van der Waals surface area contributed by atoms with Crippen molar-refractivity contribution in [1.82, 2.24) is 0 Å². The van der Waals surface area contributed by atoms with Gasteiger partial charge in [0.15, 0.2) is 6.10 Å². The summed E-state index contributed by atoms with van der Waals surface area (Å²) in [5, 5.41) is 0. The molecule has 0 amide bonds. The van der Waals surface area contributed by atoms with Crippen LogP contribution >= 0.6 is 0 Å². The number of hydrogen-bond donors (Lipinski definition) is 0. The van der Waals surface area contributed by atoms with E-state index in [0.717, 1.165) is 167 Å². The van der Waals surface area contributed by atoms with Crippen molar-refractivity contribution in [3.8, 4) is 0 Å². The zero-order chi connectivity index (χ0) is 59.9. The fraction of sp³-hybridized carbons (Fsp3) is 0.545. The quantitative estimate of drug-likeness (QED) is 0.0261. The molecule has 6 heteroatoms. The van der Waals surface area contributed by atoms with Gasteiger partial charge >= 0.3 is 17.9 Å². The molecule has 0 N–H and O–H groups in total. The van der Waals surface area contributed by atoms with Gasteiger partial charge in [0.2, 0.25) is 0 Å². The van der Waals surface area contributed by atoms with Gasteiger partial charge in [-0.25, -0.2) is 0 Å². The van der Waals surface area contributed by atoms with E-state index in [1.807, 2.05) is 12.2 Å². The Hall–Kier alpha value is -5.75. The van der Waals surface area contributed by atoms with Gasteiger partial charge in [0.1, 0.15) is 13.2 Å². The predicted octanol–water partition coefficient (Wildman–Crippen LogP) is 23.0. The van der Waals surface area contributed by atoms with E-state index >= 15 is 0 Å². The lowest BCUT2D eigenvalue weighted by atomic mass is 10.1. The van der Waals surface area contributed by atoms with Gasteiger partial charge in [-0.05, 0) is 148 Å². The van der Waals surface area contributed by atoms with Gasteiger partial charge in [-0.3, -0.25) is 14.4 Å². The molecule has 0 saturated heterocycles. The van der Waals surface area contributed by atoms with Gasteiger partial charge in [0.05, 0.1) is 0 Å². The standard InChI is InChI=1S/C77H118O6/c1-4-7-10-13-16-19-22-25-27-29-30-31-32-33-34-35-36-37-38-39-40-41-42-43-44-45-46-48-49-52-55-58-61-64-67-70-76(79)82-73-74(72-81-75(78)69-66-63-60-57-54-51-24-21-18-15-12-9-6-3)83-77(80)71-68-65-62-59-56-53-50-47-28-26-23-20-17-14-11-8-5-2/h7-12,16-21,25-28,30-31,33-34,36-37,39-40,42-43,45-46,51,54,60,63,74H,4-6,13-15,22-24,29,32,35,38,41,44,47-50,52-53,55-59,61-62,64-73H2,1-3H3/b10-7-,11-8-,12-9-,19-16-,20-17-,21-18-,27-25-,28-26-,31-30-,34-33-,37-36-,40-39-,43-42-,46-45-,54-51-,63-60-. The van der Waals surface area contributed by atoms with Crippen LogP contribution in [0.4, 0.5) is 0 Å². The number of ether oxygens (including phenoxy) is 3. The van der Waals surface area contributed by atoms with E-state index in [-0.39, 0.29) is 37.5 Å². The average molecular weight is 1140 g/mol. The monoisotopic (exact) mass is 1140 g/mol. The summed E-state index contributed by atoms with van der Waals surface area (Å²) in [6.07, 6.45) is 105. The Morgan fingerprint density at radius 2 is 0.458 bits per heavy atom. The molecule has 0 heterocycles. The molecule has 83 heavy (non-hydrogen) atoms. The minimum Gasteiger partial charge on any atom is -0.462 e.